The fraction of sp³-hybridized carbons (Fsp3) is 0. The van der Waals surface area contributed by atoms with Crippen LogP contribution in [0.15, 0.2) is 91.2 Å². The van der Waals surface area contributed by atoms with E-state index in [1.807, 2.05) is 78.9 Å². The quantitative estimate of drug-likeness (QED) is 0.284. The van der Waals surface area contributed by atoms with Gasteiger partial charge in [-0.25, -0.2) is 4.98 Å². The highest BCUT2D eigenvalue weighted by Crippen LogP contribution is 2.28. The SMILES string of the molecule is Brc1ccc(C=CC=Nc2ccc3oc(-c4cccc(Br)c4)nc3c2)cc1. The van der Waals surface area contributed by atoms with E-state index in [4.69, 9.17) is 4.42 Å². The van der Waals surface area contributed by atoms with Crippen molar-refractivity contribution in [2.75, 3.05) is 0 Å². The van der Waals surface area contributed by atoms with Crippen LogP contribution in [0.5, 0.6) is 0 Å². The molecule has 0 radical (unpaired) electrons. The zero-order valence-electron chi connectivity index (χ0n) is 14.1. The predicted octanol–water partition coefficient (Wildman–Crippen LogP) is 7.44. The summed E-state index contributed by atoms with van der Waals surface area (Å²) in [7, 11) is 0. The second kappa shape index (κ2) is 8.03. The van der Waals surface area contributed by atoms with E-state index in [9.17, 15) is 0 Å². The third kappa shape index (κ3) is 4.43. The molecule has 27 heavy (non-hydrogen) atoms. The first-order valence-electron chi connectivity index (χ1n) is 8.30. The largest absolute Gasteiger partial charge is 0.436 e. The van der Waals surface area contributed by atoms with Crippen LogP contribution in [-0.4, -0.2) is 11.2 Å². The molecule has 132 valence electrons. The Kier molecular flexibility index (Phi) is 5.32. The molecule has 0 saturated heterocycles. The van der Waals surface area contributed by atoms with Crippen LogP contribution in [-0.2, 0) is 0 Å². The fourth-order valence-corrected chi connectivity index (χ4v) is 3.26. The number of benzene rings is 3. The van der Waals surface area contributed by atoms with Gasteiger partial charge in [0.1, 0.15) is 5.52 Å². The minimum Gasteiger partial charge on any atom is -0.436 e. The third-order valence-electron chi connectivity index (χ3n) is 3.91. The second-order valence-electron chi connectivity index (χ2n) is 5.87. The van der Waals surface area contributed by atoms with Crippen LogP contribution in [0.1, 0.15) is 5.56 Å². The van der Waals surface area contributed by atoms with E-state index in [-0.39, 0.29) is 0 Å². The van der Waals surface area contributed by atoms with E-state index >= 15 is 0 Å². The number of hydrogen-bond acceptors (Lipinski definition) is 3. The maximum atomic E-state index is 5.86. The molecule has 1 heterocycles. The van der Waals surface area contributed by atoms with Crippen molar-refractivity contribution >= 4 is 60.9 Å². The van der Waals surface area contributed by atoms with Crippen LogP contribution < -0.4 is 0 Å². The molecule has 0 unspecified atom stereocenters. The number of hydrogen-bond donors (Lipinski definition) is 0. The average Bonchev–Trinajstić information content (AvgIpc) is 3.10. The first-order chi connectivity index (χ1) is 13.2. The molecule has 3 aromatic carbocycles. The van der Waals surface area contributed by atoms with Crippen molar-refractivity contribution in [1.29, 1.82) is 0 Å². The van der Waals surface area contributed by atoms with Gasteiger partial charge in [-0.1, -0.05) is 56.1 Å². The number of rotatable bonds is 4. The topological polar surface area (TPSA) is 38.4 Å². The molecule has 1 aromatic heterocycles. The molecule has 4 rings (SSSR count). The minimum absolute atomic E-state index is 0.600. The maximum Gasteiger partial charge on any atom is 0.227 e. The van der Waals surface area contributed by atoms with Gasteiger partial charge in [0, 0.05) is 20.7 Å². The van der Waals surface area contributed by atoms with Crippen LogP contribution >= 0.6 is 31.9 Å². The molecule has 0 bridgehead atoms. The van der Waals surface area contributed by atoms with Crippen LogP contribution in [0.4, 0.5) is 5.69 Å². The Morgan fingerprint density at radius 2 is 1.74 bits per heavy atom. The molecule has 5 heteroatoms. The van der Waals surface area contributed by atoms with Crippen molar-refractivity contribution < 1.29 is 4.42 Å². The highest BCUT2D eigenvalue weighted by molar-refractivity contribution is 9.10. The lowest BCUT2D eigenvalue weighted by Gasteiger charge is -1.94. The summed E-state index contributed by atoms with van der Waals surface area (Å²) in [6, 6.07) is 21.7. The van der Waals surface area contributed by atoms with Crippen molar-refractivity contribution in [1.82, 2.24) is 4.98 Å². The molecule has 3 nitrogen and oxygen atoms in total. The summed E-state index contributed by atoms with van der Waals surface area (Å²) in [4.78, 5) is 9.06. The summed E-state index contributed by atoms with van der Waals surface area (Å²) in [6.45, 7) is 0. The molecule has 0 aliphatic carbocycles. The Hall–Kier alpha value is -2.50. The average molecular weight is 482 g/mol. The van der Waals surface area contributed by atoms with Gasteiger partial charge in [0.05, 0.1) is 5.69 Å². The van der Waals surface area contributed by atoms with Crippen LogP contribution in [0.25, 0.3) is 28.6 Å². The van der Waals surface area contributed by atoms with Gasteiger partial charge in [0.2, 0.25) is 5.89 Å². The molecular formula is C22H14Br2N2O. The number of aliphatic imine (C=N–C) groups is 1. The van der Waals surface area contributed by atoms with Gasteiger partial charge < -0.3 is 4.42 Å². The highest BCUT2D eigenvalue weighted by Gasteiger charge is 2.08. The fourth-order valence-electron chi connectivity index (χ4n) is 2.60. The summed E-state index contributed by atoms with van der Waals surface area (Å²) in [5.74, 6) is 0.600. The first kappa shape index (κ1) is 17.9. The Morgan fingerprint density at radius 3 is 2.56 bits per heavy atom. The third-order valence-corrected chi connectivity index (χ3v) is 4.93. The monoisotopic (exact) mass is 480 g/mol. The van der Waals surface area contributed by atoms with Gasteiger partial charge in [0.25, 0.3) is 0 Å². The standard InChI is InChI=1S/C22H14Br2N2O/c23-17-8-6-15(7-9-17)3-2-12-25-19-10-11-21-20(14-19)26-22(27-21)16-4-1-5-18(24)13-16/h1-14H. The Labute approximate surface area is 173 Å². The summed E-state index contributed by atoms with van der Waals surface area (Å²) in [6.07, 6.45) is 5.71. The summed E-state index contributed by atoms with van der Waals surface area (Å²) < 4.78 is 7.91. The molecular weight excluding hydrogens is 468 g/mol. The number of halogens is 2. The van der Waals surface area contributed by atoms with Gasteiger partial charge in [-0.05, 0) is 60.2 Å². The van der Waals surface area contributed by atoms with E-state index in [1.165, 1.54) is 0 Å². The summed E-state index contributed by atoms with van der Waals surface area (Å²) >= 11 is 6.90. The Balaban J connectivity index is 1.53. The van der Waals surface area contributed by atoms with Crippen LogP contribution in [0.2, 0.25) is 0 Å². The van der Waals surface area contributed by atoms with E-state index in [1.54, 1.807) is 6.21 Å². The van der Waals surface area contributed by atoms with Crippen LogP contribution in [0, 0.1) is 0 Å². The molecule has 0 aliphatic rings. The van der Waals surface area contributed by atoms with Crippen LogP contribution in [0.3, 0.4) is 0 Å². The number of nitrogens with zero attached hydrogens (tertiary/aromatic N) is 2. The van der Waals surface area contributed by atoms with Gasteiger partial charge >= 0.3 is 0 Å². The molecule has 0 amide bonds. The van der Waals surface area contributed by atoms with Gasteiger partial charge in [0.15, 0.2) is 5.58 Å². The number of fused-ring (bicyclic) bond motifs is 1. The van der Waals surface area contributed by atoms with Gasteiger partial charge in [-0.15, -0.1) is 0 Å². The van der Waals surface area contributed by atoms with E-state index < -0.39 is 0 Å². The van der Waals surface area contributed by atoms with E-state index in [2.05, 4.69) is 41.8 Å². The smallest absolute Gasteiger partial charge is 0.227 e. The highest BCUT2D eigenvalue weighted by atomic mass is 79.9. The summed E-state index contributed by atoms with van der Waals surface area (Å²) in [5.41, 5.74) is 4.42. The normalized spacial score (nSPS) is 11.8. The Bertz CT molecular complexity index is 1140. The minimum atomic E-state index is 0.600. The predicted molar refractivity (Wildman–Crippen MR) is 118 cm³/mol. The molecule has 0 N–H and O–H groups in total. The van der Waals surface area contributed by atoms with E-state index in [0.29, 0.717) is 5.89 Å². The number of aromatic nitrogens is 1. The van der Waals surface area contributed by atoms with Crippen molar-refractivity contribution in [3.63, 3.8) is 0 Å². The van der Waals surface area contributed by atoms with Gasteiger partial charge in [-0.3, -0.25) is 4.99 Å². The number of allylic oxidation sites excluding steroid dienone is 1. The Morgan fingerprint density at radius 1 is 0.889 bits per heavy atom. The zero-order chi connectivity index (χ0) is 18.6. The second-order valence-corrected chi connectivity index (χ2v) is 7.70. The van der Waals surface area contributed by atoms with Crippen molar-refractivity contribution in [2.45, 2.75) is 0 Å². The van der Waals surface area contributed by atoms with Crippen molar-refractivity contribution in [3.8, 4) is 11.5 Å². The lowest BCUT2D eigenvalue weighted by Crippen LogP contribution is -1.76. The zero-order valence-corrected chi connectivity index (χ0v) is 17.3. The number of oxazole rings is 1. The molecule has 0 fully saturated rings. The lowest BCUT2D eigenvalue weighted by molar-refractivity contribution is 0.620. The molecule has 0 atom stereocenters. The van der Waals surface area contributed by atoms with Crippen molar-refractivity contribution in [3.05, 3.63) is 87.3 Å². The molecule has 0 saturated carbocycles. The van der Waals surface area contributed by atoms with Gasteiger partial charge in [-0.2, -0.15) is 0 Å². The first-order valence-corrected chi connectivity index (χ1v) is 9.89. The lowest BCUT2D eigenvalue weighted by atomic mass is 10.2. The van der Waals surface area contributed by atoms with Crippen molar-refractivity contribution in [2.24, 2.45) is 4.99 Å². The summed E-state index contributed by atoms with van der Waals surface area (Å²) in [5, 5.41) is 0. The molecule has 4 aromatic rings. The maximum absolute atomic E-state index is 5.86. The van der Waals surface area contributed by atoms with E-state index in [0.717, 1.165) is 36.9 Å². The molecule has 0 aliphatic heterocycles. The molecule has 0 spiro atoms.